The van der Waals surface area contributed by atoms with E-state index in [0.29, 0.717) is 12.6 Å². The molecular formula is C16H25N3O. The van der Waals surface area contributed by atoms with E-state index in [9.17, 15) is 0 Å². The fourth-order valence-corrected chi connectivity index (χ4v) is 2.88. The number of ether oxygens (including phenoxy) is 1. The molecule has 110 valence electrons. The minimum absolute atomic E-state index is 0.100. The minimum atomic E-state index is -0.100. The van der Waals surface area contributed by atoms with Gasteiger partial charge in [-0.2, -0.15) is 0 Å². The number of benzene rings is 1. The third-order valence-electron chi connectivity index (χ3n) is 3.80. The Morgan fingerprint density at radius 1 is 1.35 bits per heavy atom. The molecule has 1 aromatic carbocycles. The maximum atomic E-state index is 5.64. The monoisotopic (exact) mass is 275 g/mol. The lowest BCUT2D eigenvalue weighted by molar-refractivity contribution is 0.235. The fourth-order valence-electron chi connectivity index (χ4n) is 2.88. The highest BCUT2D eigenvalue weighted by Crippen LogP contribution is 2.35. The van der Waals surface area contributed by atoms with E-state index in [4.69, 9.17) is 10.5 Å². The Labute approximate surface area is 121 Å². The lowest BCUT2D eigenvalue weighted by atomic mass is 9.79. The summed E-state index contributed by atoms with van der Waals surface area (Å²) in [5, 5.41) is 3.35. The lowest BCUT2D eigenvalue weighted by Crippen LogP contribution is -2.35. The van der Waals surface area contributed by atoms with Crippen molar-refractivity contribution in [1.82, 2.24) is 0 Å². The van der Waals surface area contributed by atoms with Gasteiger partial charge in [0.1, 0.15) is 12.1 Å². The number of aliphatic imine (C=N–C) groups is 1. The standard InChI is InChI=1S/C14H19N3O.C2H6/c1-2-16-12-4-3-11-8-14(6-5-10(11)7-12)9-18-13(15)17-14;1-2/h3-4,7,16H,2,5-6,8-9H2,1H3,(H2,15,17);1-2H3. The Balaban J connectivity index is 0.000000704. The SMILES string of the molecule is CC.CCNc1ccc2c(c1)CCC1(COC(N)=N1)C2. The average molecular weight is 275 g/mol. The summed E-state index contributed by atoms with van der Waals surface area (Å²) < 4.78 is 5.34. The van der Waals surface area contributed by atoms with E-state index in [0.717, 1.165) is 25.8 Å². The number of hydrogen-bond acceptors (Lipinski definition) is 4. The van der Waals surface area contributed by atoms with Crippen molar-refractivity contribution in [3.63, 3.8) is 0 Å². The van der Waals surface area contributed by atoms with E-state index in [1.807, 2.05) is 13.8 Å². The van der Waals surface area contributed by atoms with E-state index < -0.39 is 0 Å². The summed E-state index contributed by atoms with van der Waals surface area (Å²) in [7, 11) is 0. The number of nitrogens with two attached hydrogens (primary N) is 1. The molecule has 1 aliphatic carbocycles. The van der Waals surface area contributed by atoms with Crippen molar-refractivity contribution in [3.8, 4) is 0 Å². The number of nitrogens with one attached hydrogen (secondary N) is 1. The van der Waals surface area contributed by atoms with Gasteiger partial charge in [0.25, 0.3) is 6.02 Å². The van der Waals surface area contributed by atoms with Gasteiger partial charge >= 0.3 is 0 Å². The predicted octanol–water partition coefficient (Wildman–Crippen LogP) is 2.72. The molecule has 3 rings (SSSR count). The quantitative estimate of drug-likeness (QED) is 0.872. The second kappa shape index (κ2) is 6.16. The molecule has 0 saturated heterocycles. The van der Waals surface area contributed by atoms with E-state index in [2.05, 4.69) is 35.4 Å². The molecule has 3 N–H and O–H groups in total. The van der Waals surface area contributed by atoms with Crippen LogP contribution in [0.25, 0.3) is 0 Å². The number of amidine groups is 1. The topological polar surface area (TPSA) is 59.6 Å². The molecule has 0 bridgehead atoms. The number of fused-ring (bicyclic) bond motifs is 1. The summed E-state index contributed by atoms with van der Waals surface area (Å²) in [6.07, 6.45) is 3.01. The first-order chi connectivity index (χ1) is 9.71. The Kier molecular flexibility index (Phi) is 4.53. The van der Waals surface area contributed by atoms with E-state index in [-0.39, 0.29) is 5.54 Å². The molecule has 2 aliphatic rings. The molecular weight excluding hydrogens is 250 g/mol. The predicted molar refractivity (Wildman–Crippen MR) is 84.3 cm³/mol. The van der Waals surface area contributed by atoms with Crippen LogP contribution in [0.5, 0.6) is 0 Å². The first kappa shape index (κ1) is 14.7. The van der Waals surface area contributed by atoms with Crippen LogP contribution in [0.3, 0.4) is 0 Å². The van der Waals surface area contributed by atoms with Crippen LogP contribution in [0.4, 0.5) is 5.69 Å². The smallest absolute Gasteiger partial charge is 0.282 e. The van der Waals surface area contributed by atoms with Crippen LogP contribution in [-0.4, -0.2) is 24.7 Å². The molecule has 0 fully saturated rings. The van der Waals surface area contributed by atoms with Gasteiger partial charge in [-0.3, -0.25) is 0 Å². The zero-order valence-electron chi connectivity index (χ0n) is 12.7. The fraction of sp³-hybridized carbons (Fsp3) is 0.562. The second-order valence-electron chi connectivity index (χ2n) is 5.15. The normalized spacial score (nSPS) is 23.2. The van der Waals surface area contributed by atoms with Crippen molar-refractivity contribution in [1.29, 1.82) is 0 Å². The molecule has 1 aliphatic heterocycles. The van der Waals surface area contributed by atoms with Crippen molar-refractivity contribution < 1.29 is 4.74 Å². The highest BCUT2D eigenvalue weighted by atomic mass is 16.5. The van der Waals surface area contributed by atoms with Gasteiger partial charge in [-0.25, -0.2) is 4.99 Å². The Hall–Kier alpha value is -1.71. The number of rotatable bonds is 2. The second-order valence-corrected chi connectivity index (χ2v) is 5.15. The van der Waals surface area contributed by atoms with Gasteiger partial charge in [0.15, 0.2) is 0 Å². The average Bonchev–Trinajstić information content (AvgIpc) is 2.83. The maximum absolute atomic E-state index is 5.64. The number of anilines is 1. The van der Waals surface area contributed by atoms with Crippen molar-refractivity contribution in [2.75, 3.05) is 18.5 Å². The summed E-state index contributed by atoms with van der Waals surface area (Å²) in [5.41, 5.74) is 9.56. The van der Waals surface area contributed by atoms with Crippen LogP contribution in [0.2, 0.25) is 0 Å². The maximum Gasteiger partial charge on any atom is 0.282 e. The minimum Gasteiger partial charge on any atom is -0.463 e. The van der Waals surface area contributed by atoms with E-state index >= 15 is 0 Å². The van der Waals surface area contributed by atoms with E-state index in [1.165, 1.54) is 16.8 Å². The third-order valence-corrected chi connectivity index (χ3v) is 3.80. The molecule has 20 heavy (non-hydrogen) atoms. The zero-order valence-corrected chi connectivity index (χ0v) is 12.7. The Morgan fingerprint density at radius 3 is 2.80 bits per heavy atom. The molecule has 1 atom stereocenters. The highest BCUT2D eigenvalue weighted by molar-refractivity contribution is 5.74. The van der Waals surface area contributed by atoms with Crippen LogP contribution in [0, 0.1) is 0 Å². The van der Waals surface area contributed by atoms with Crippen LogP contribution >= 0.6 is 0 Å². The largest absolute Gasteiger partial charge is 0.463 e. The summed E-state index contributed by atoms with van der Waals surface area (Å²) in [6, 6.07) is 6.96. The van der Waals surface area contributed by atoms with Crippen LogP contribution in [-0.2, 0) is 17.6 Å². The highest BCUT2D eigenvalue weighted by Gasteiger charge is 2.39. The van der Waals surface area contributed by atoms with Crippen LogP contribution < -0.4 is 11.1 Å². The van der Waals surface area contributed by atoms with Crippen molar-refractivity contribution >= 4 is 11.7 Å². The molecule has 0 aromatic heterocycles. The van der Waals surface area contributed by atoms with Gasteiger partial charge in [0.2, 0.25) is 0 Å². The molecule has 0 saturated carbocycles. The van der Waals surface area contributed by atoms with Gasteiger partial charge in [-0.05, 0) is 43.0 Å². The number of nitrogens with zero attached hydrogens (tertiary/aromatic N) is 1. The molecule has 4 nitrogen and oxygen atoms in total. The van der Waals surface area contributed by atoms with Gasteiger partial charge < -0.3 is 15.8 Å². The summed E-state index contributed by atoms with van der Waals surface area (Å²) in [5.74, 6) is 0. The molecule has 1 unspecified atom stereocenters. The third kappa shape index (κ3) is 2.89. The van der Waals surface area contributed by atoms with Gasteiger partial charge in [0, 0.05) is 18.7 Å². The zero-order chi connectivity index (χ0) is 14.6. The first-order valence-corrected chi connectivity index (χ1v) is 7.55. The summed E-state index contributed by atoms with van der Waals surface area (Å²) in [4.78, 5) is 4.49. The lowest BCUT2D eigenvalue weighted by Gasteiger charge is -2.30. The van der Waals surface area contributed by atoms with Gasteiger partial charge in [-0.1, -0.05) is 19.9 Å². The summed E-state index contributed by atoms with van der Waals surface area (Å²) in [6.45, 7) is 7.70. The summed E-state index contributed by atoms with van der Waals surface area (Å²) >= 11 is 0. The Morgan fingerprint density at radius 2 is 2.15 bits per heavy atom. The van der Waals surface area contributed by atoms with Crippen molar-refractivity contribution in [3.05, 3.63) is 29.3 Å². The first-order valence-electron chi connectivity index (χ1n) is 7.55. The van der Waals surface area contributed by atoms with Crippen LogP contribution in [0.15, 0.2) is 23.2 Å². The molecule has 4 heteroatoms. The Bertz CT molecular complexity index is 498. The number of hydrogen-bond donors (Lipinski definition) is 2. The molecule has 1 heterocycles. The van der Waals surface area contributed by atoms with Crippen LogP contribution in [0.1, 0.15) is 38.3 Å². The molecule has 1 spiro atoms. The van der Waals surface area contributed by atoms with E-state index in [1.54, 1.807) is 0 Å². The molecule has 0 amide bonds. The van der Waals surface area contributed by atoms with Gasteiger partial charge in [-0.15, -0.1) is 0 Å². The molecule has 0 radical (unpaired) electrons. The number of aryl methyl sites for hydroxylation is 1. The van der Waals surface area contributed by atoms with Crippen molar-refractivity contribution in [2.24, 2.45) is 10.7 Å². The van der Waals surface area contributed by atoms with Gasteiger partial charge in [0.05, 0.1) is 0 Å². The molecule has 1 aromatic rings. The van der Waals surface area contributed by atoms with Crippen molar-refractivity contribution in [2.45, 2.75) is 45.6 Å².